The van der Waals surface area contributed by atoms with Gasteiger partial charge in [0.05, 0.1) is 5.41 Å². The second-order valence-corrected chi connectivity index (χ2v) is 8.07. The van der Waals surface area contributed by atoms with Gasteiger partial charge in [0.1, 0.15) is 11.4 Å². The third-order valence-electron chi connectivity index (χ3n) is 5.84. The highest BCUT2D eigenvalue weighted by Crippen LogP contribution is 2.46. The van der Waals surface area contributed by atoms with Crippen molar-refractivity contribution in [1.82, 2.24) is 0 Å². The number of ketones is 1. The zero-order valence-electron chi connectivity index (χ0n) is 14.2. The monoisotopic (exact) mass is 294 g/mol. The van der Waals surface area contributed by atoms with E-state index in [0.717, 1.165) is 38.5 Å². The van der Waals surface area contributed by atoms with Crippen molar-refractivity contribution < 1.29 is 14.3 Å². The molecule has 0 amide bonds. The number of esters is 1. The summed E-state index contributed by atoms with van der Waals surface area (Å²) < 4.78 is 5.90. The summed E-state index contributed by atoms with van der Waals surface area (Å²) in [6, 6.07) is 0. The first-order valence-electron chi connectivity index (χ1n) is 8.46. The van der Waals surface area contributed by atoms with Crippen molar-refractivity contribution >= 4 is 11.8 Å². The van der Waals surface area contributed by atoms with Gasteiger partial charge in [0, 0.05) is 11.8 Å². The van der Waals surface area contributed by atoms with Crippen molar-refractivity contribution in [2.45, 2.75) is 78.7 Å². The van der Waals surface area contributed by atoms with Crippen LogP contribution in [0.15, 0.2) is 0 Å². The maximum absolute atomic E-state index is 12.4. The molecule has 3 nitrogen and oxygen atoms in total. The Kier molecular flexibility index (Phi) is 4.51. The summed E-state index contributed by atoms with van der Waals surface area (Å²) in [5.41, 5.74) is -0.803. The van der Waals surface area contributed by atoms with Crippen molar-refractivity contribution in [3.8, 4) is 0 Å². The molecule has 21 heavy (non-hydrogen) atoms. The van der Waals surface area contributed by atoms with Crippen molar-refractivity contribution in [2.75, 3.05) is 0 Å². The van der Waals surface area contributed by atoms with Gasteiger partial charge in [-0.05, 0) is 65.2 Å². The van der Waals surface area contributed by atoms with E-state index >= 15 is 0 Å². The minimum absolute atomic E-state index is 0.0959. The molecule has 2 rings (SSSR count). The lowest BCUT2D eigenvalue weighted by Crippen LogP contribution is -2.47. The van der Waals surface area contributed by atoms with E-state index in [2.05, 4.69) is 13.8 Å². The van der Waals surface area contributed by atoms with Gasteiger partial charge in [-0.1, -0.05) is 13.8 Å². The maximum Gasteiger partial charge on any atom is 0.312 e. The molecule has 0 N–H and O–H groups in total. The summed E-state index contributed by atoms with van der Waals surface area (Å²) in [6.07, 6.45) is 5.42. The van der Waals surface area contributed by atoms with Gasteiger partial charge in [-0.3, -0.25) is 9.59 Å². The van der Waals surface area contributed by atoms with Crippen molar-refractivity contribution in [3.63, 3.8) is 0 Å². The van der Waals surface area contributed by atoms with Crippen LogP contribution in [-0.4, -0.2) is 17.4 Å². The number of rotatable bonds is 3. The first-order valence-corrected chi connectivity index (χ1v) is 8.46. The molecule has 0 heterocycles. The molecule has 3 heteroatoms. The van der Waals surface area contributed by atoms with Crippen LogP contribution < -0.4 is 0 Å². The molecule has 0 bridgehead atoms. The highest BCUT2D eigenvalue weighted by molar-refractivity contribution is 5.84. The predicted molar refractivity (Wildman–Crippen MR) is 82.8 cm³/mol. The zero-order chi connectivity index (χ0) is 15.8. The summed E-state index contributed by atoms with van der Waals surface area (Å²) in [5, 5.41) is 0. The van der Waals surface area contributed by atoms with Gasteiger partial charge in [0.15, 0.2) is 0 Å². The molecule has 2 fully saturated rings. The molecule has 0 aromatic carbocycles. The van der Waals surface area contributed by atoms with Crippen LogP contribution in [0.2, 0.25) is 0 Å². The Hall–Kier alpha value is -0.860. The van der Waals surface area contributed by atoms with E-state index < -0.39 is 5.41 Å². The zero-order valence-corrected chi connectivity index (χ0v) is 14.2. The number of Topliss-reactive ketones (excluding diaryl/α,β-unsaturated/α-hetero) is 1. The molecule has 2 aliphatic rings. The predicted octanol–water partition coefficient (Wildman–Crippen LogP) is 4.14. The quantitative estimate of drug-likeness (QED) is 0.735. The van der Waals surface area contributed by atoms with Gasteiger partial charge in [-0.15, -0.1) is 0 Å². The highest BCUT2D eigenvalue weighted by Gasteiger charge is 2.46. The summed E-state index contributed by atoms with van der Waals surface area (Å²) in [7, 11) is 0. The lowest BCUT2D eigenvalue weighted by molar-refractivity contribution is -0.176. The van der Waals surface area contributed by atoms with Crippen LogP contribution in [0.4, 0.5) is 0 Å². The molecule has 0 radical (unpaired) electrons. The number of fused-ring (bicyclic) bond motifs is 1. The van der Waals surface area contributed by atoms with Crippen LogP contribution in [0.5, 0.6) is 0 Å². The van der Waals surface area contributed by atoms with E-state index in [9.17, 15) is 9.59 Å². The molecule has 0 saturated heterocycles. The first kappa shape index (κ1) is 16.5. The van der Waals surface area contributed by atoms with Gasteiger partial charge >= 0.3 is 5.97 Å². The second kappa shape index (κ2) is 5.73. The average molecular weight is 294 g/mol. The molecule has 2 aliphatic carbocycles. The number of hydrogen-bond acceptors (Lipinski definition) is 3. The van der Waals surface area contributed by atoms with E-state index in [1.807, 2.05) is 20.8 Å². The molecule has 2 saturated carbocycles. The number of hydrogen-bond donors (Lipinski definition) is 0. The standard InChI is InChI=1S/C18H30O3/c1-6-17(3,4)16(20)21-18(5)10-9-14-13(11-18)8-7-12(2)15(14)19/h12-14H,6-11H2,1-5H3/t12-,13+,14-,18-/m1/s1. The van der Waals surface area contributed by atoms with Gasteiger partial charge in [0.25, 0.3) is 0 Å². The van der Waals surface area contributed by atoms with Crippen LogP contribution in [0.25, 0.3) is 0 Å². The summed E-state index contributed by atoms with van der Waals surface area (Å²) in [5.74, 6) is 1.18. The molecular weight excluding hydrogens is 264 g/mol. The minimum atomic E-state index is -0.420. The number of ether oxygens (including phenoxy) is 1. The third kappa shape index (κ3) is 3.32. The third-order valence-corrected chi connectivity index (χ3v) is 5.84. The average Bonchev–Trinajstić information content (AvgIpc) is 2.42. The summed E-state index contributed by atoms with van der Waals surface area (Å²) in [6.45, 7) is 10.00. The molecule has 0 spiro atoms. The van der Waals surface area contributed by atoms with Gasteiger partial charge in [0.2, 0.25) is 0 Å². The first-order chi connectivity index (χ1) is 9.68. The molecule has 0 aliphatic heterocycles. The van der Waals surface area contributed by atoms with Crippen LogP contribution in [-0.2, 0) is 14.3 Å². The van der Waals surface area contributed by atoms with E-state index in [4.69, 9.17) is 4.74 Å². The smallest absolute Gasteiger partial charge is 0.312 e. The fourth-order valence-corrected chi connectivity index (χ4v) is 3.74. The fraction of sp³-hybridized carbons (Fsp3) is 0.889. The molecular formula is C18H30O3. The Bertz CT molecular complexity index is 426. The molecule has 4 atom stereocenters. The Morgan fingerprint density at radius 3 is 2.62 bits per heavy atom. The van der Waals surface area contributed by atoms with E-state index in [0.29, 0.717) is 11.7 Å². The minimum Gasteiger partial charge on any atom is -0.459 e. The Morgan fingerprint density at radius 2 is 2.00 bits per heavy atom. The fourth-order valence-electron chi connectivity index (χ4n) is 3.74. The normalized spacial score (nSPS) is 37.0. The van der Waals surface area contributed by atoms with E-state index in [-0.39, 0.29) is 23.4 Å². The lowest BCUT2D eigenvalue weighted by Gasteiger charge is -2.45. The van der Waals surface area contributed by atoms with Crippen molar-refractivity contribution in [2.24, 2.45) is 23.2 Å². The largest absolute Gasteiger partial charge is 0.459 e. The van der Waals surface area contributed by atoms with Crippen molar-refractivity contribution in [3.05, 3.63) is 0 Å². The van der Waals surface area contributed by atoms with E-state index in [1.165, 1.54) is 0 Å². The molecule has 0 aromatic heterocycles. The second-order valence-electron chi connectivity index (χ2n) is 8.07. The van der Waals surface area contributed by atoms with Gasteiger partial charge < -0.3 is 4.74 Å². The van der Waals surface area contributed by atoms with Crippen LogP contribution >= 0.6 is 0 Å². The topological polar surface area (TPSA) is 43.4 Å². The lowest BCUT2D eigenvalue weighted by atomic mass is 9.63. The molecule has 120 valence electrons. The van der Waals surface area contributed by atoms with Crippen LogP contribution in [0.1, 0.15) is 73.1 Å². The highest BCUT2D eigenvalue weighted by atomic mass is 16.6. The number of carbonyl (C=O) groups is 2. The Balaban J connectivity index is 2.03. The molecule has 0 aromatic rings. The Labute approximate surface area is 128 Å². The number of carbonyl (C=O) groups excluding carboxylic acids is 2. The van der Waals surface area contributed by atoms with Crippen molar-refractivity contribution in [1.29, 1.82) is 0 Å². The van der Waals surface area contributed by atoms with E-state index in [1.54, 1.807) is 0 Å². The SMILES string of the molecule is CCC(C)(C)C(=O)O[C@]1(C)CC[C@H]2C(=O)[C@H](C)CC[C@H]2C1. The van der Waals surface area contributed by atoms with Gasteiger partial charge in [-0.2, -0.15) is 0 Å². The summed E-state index contributed by atoms with van der Waals surface area (Å²) >= 11 is 0. The van der Waals surface area contributed by atoms with Gasteiger partial charge in [-0.25, -0.2) is 0 Å². The Morgan fingerprint density at radius 1 is 1.33 bits per heavy atom. The molecule has 0 unspecified atom stereocenters. The van der Waals surface area contributed by atoms with Crippen LogP contribution in [0, 0.1) is 23.2 Å². The van der Waals surface area contributed by atoms with Crippen LogP contribution in [0.3, 0.4) is 0 Å². The maximum atomic E-state index is 12.4. The summed E-state index contributed by atoms with van der Waals surface area (Å²) in [4.78, 5) is 24.6.